The molecule has 0 aliphatic heterocycles. The van der Waals surface area contributed by atoms with E-state index in [0.29, 0.717) is 23.6 Å². The second-order valence-corrected chi connectivity index (χ2v) is 6.94. The van der Waals surface area contributed by atoms with Crippen LogP contribution in [0.1, 0.15) is 26.6 Å². The van der Waals surface area contributed by atoms with Gasteiger partial charge in [0.05, 0.1) is 21.3 Å². The highest BCUT2D eigenvalue weighted by molar-refractivity contribution is 7.09. The van der Waals surface area contributed by atoms with Gasteiger partial charge in [-0.1, -0.05) is 6.07 Å². The third-order valence-corrected chi connectivity index (χ3v) is 4.67. The summed E-state index contributed by atoms with van der Waals surface area (Å²) in [6.45, 7) is 4.07. The number of hydrogen-bond acceptors (Lipinski definition) is 6. The molecule has 1 N–H and O–H groups in total. The van der Waals surface area contributed by atoms with E-state index >= 15 is 0 Å². The number of nitro groups is 1. The van der Waals surface area contributed by atoms with Crippen LogP contribution in [0.15, 0.2) is 47.8 Å². The van der Waals surface area contributed by atoms with Crippen LogP contribution in [0.3, 0.4) is 0 Å². The van der Waals surface area contributed by atoms with Crippen LogP contribution in [-0.2, 0) is 6.61 Å². The summed E-state index contributed by atoms with van der Waals surface area (Å²) in [5.74, 6) is 0.281. The first-order chi connectivity index (χ1) is 12.9. The molecule has 0 aliphatic carbocycles. The summed E-state index contributed by atoms with van der Waals surface area (Å²) in [7, 11) is 0. The number of rotatable bonds is 6. The molecule has 0 atom stereocenters. The van der Waals surface area contributed by atoms with Crippen LogP contribution in [0.4, 0.5) is 11.4 Å². The minimum atomic E-state index is -0.495. The van der Waals surface area contributed by atoms with Crippen molar-refractivity contribution in [3.05, 3.63) is 79.8 Å². The number of aryl methyl sites for hydroxylation is 2. The van der Waals surface area contributed by atoms with E-state index in [-0.39, 0.29) is 11.6 Å². The molecule has 0 unspecified atom stereocenters. The first-order valence-electron chi connectivity index (χ1n) is 8.12. The minimum absolute atomic E-state index is 0.0723. The van der Waals surface area contributed by atoms with E-state index in [1.165, 1.54) is 12.1 Å². The molecule has 1 heterocycles. The Kier molecular flexibility index (Phi) is 5.46. The van der Waals surface area contributed by atoms with Gasteiger partial charge < -0.3 is 10.1 Å². The summed E-state index contributed by atoms with van der Waals surface area (Å²) in [5.41, 5.74) is 2.37. The number of non-ortho nitro benzene ring substituents is 1. The molecule has 0 bridgehead atoms. The van der Waals surface area contributed by atoms with E-state index < -0.39 is 4.92 Å². The van der Waals surface area contributed by atoms with E-state index in [2.05, 4.69) is 10.3 Å². The lowest BCUT2D eigenvalue weighted by Crippen LogP contribution is -2.13. The lowest BCUT2D eigenvalue weighted by Gasteiger charge is -2.09. The first-order valence-corrected chi connectivity index (χ1v) is 9.00. The zero-order valence-corrected chi connectivity index (χ0v) is 15.6. The van der Waals surface area contributed by atoms with Gasteiger partial charge in [0.1, 0.15) is 12.4 Å². The molecule has 0 spiro atoms. The van der Waals surface area contributed by atoms with Crippen LogP contribution < -0.4 is 10.1 Å². The molecule has 27 heavy (non-hydrogen) atoms. The highest BCUT2D eigenvalue weighted by Crippen LogP contribution is 2.23. The van der Waals surface area contributed by atoms with Gasteiger partial charge in [0, 0.05) is 23.1 Å². The molecule has 2 aromatic carbocycles. The normalized spacial score (nSPS) is 10.4. The number of hydrogen-bond donors (Lipinski definition) is 1. The summed E-state index contributed by atoms with van der Waals surface area (Å²) in [4.78, 5) is 27.1. The Labute approximate surface area is 159 Å². The SMILES string of the molecule is Cc1nc(COc2ccc(C(=O)Nc3cc([N+](=O)[O-])ccc3C)cc2)cs1. The minimum Gasteiger partial charge on any atom is -0.487 e. The molecule has 1 amide bonds. The molecule has 3 rings (SSSR count). The van der Waals surface area contributed by atoms with Crippen LogP contribution in [-0.4, -0.2) is 15.8 Å². The zero-order valence-electron chi connectivity index (χ0n) is 14.8. The molecule has 1 aromatic heterocycles. The Balaban J connectivity index is 1.65. The van der Waals surface area contributed by atoms with Crippen molar-refractivity contribution in [1.29, 1.82) is 0 Å². The Morgan fingerprint density at radius 2 is 1.96 bits per heavy atom. The van der Waals surface area contributed by atoms with E-state index in [4.69, 9.17) is 4.74 Å². The molecule has 0 aliphatic rings. The van der Waals surface area contributed by atoms with Crippen molar-refractivity contribution in [2.24, 2.45) is 0 Å². The fourth-order valence-electron chi connectivity index (χ4n) is 2.39. The lowest BCUT2D eigenvalue weighted by molar-refractivity contribution is -0.384. The van der Waals surface area contributed by atoms with Crippen molar-refractivity contribution < 1.29 is 14.5 Å². The number of carbonyl (C=O) groups excluding carboxylic acids is 1. The molecule has 0 radical (unpaired) electrons. The number of anilines is 1. The Morgan fingerprint density at radius 1 is 1.22 bits per heavy atom. The molecule has 0 saturated carbocycles. The first kappa shape index (κ1) is 18.5. The number of nitro benzene ring substituents is 1. The highest BCUT2D eigenvalue weighted by Gasteiger charge is 2.12. The number of amides is 1. The number of nitrogens with one attached hydrogen (secondary N) is 1. The summed E-state index contributed by atoms with van der Waals surface area (Å²) >= 11 is 1.56. The summed E-state index contributed by atoms with van der Waals surface area (Å²) < 4.78 is 5.66. The summed E-state index contributed by atoms with van der Waals surface area (Å²) in [6, 6.07) is 11.0. The fraction of sp³-hybridized carbons (Fsp3) is 0.158. The molecule has 0 saturated heterocycles. The van der Waals surface area contributed by atoms with Crippen LogP contribution in [0, 0.1) is 24.0 Å². The maximum Gasteiger partial charge on any atom is 0.271 e. The van der Waals surface area contributed by atoms with Gasteiger partial charge in [-0.05, 0) is 43.7 Å². The van der Waals surface area contributed by atoms with Crippen LogP contribution in [0.25, 0.3) is 0 Å². The van der Waals surface area contributed by atoms with Crippen molar-refractivity contribution in [2.75, 3.05) is 5.32 Å². The van der Waals surface area contributed by atoms with E-state index in [1.54, 1.807) is 48.6 Å². The number of benzene rings is 2. The van der Waals surface area contributed by atoms with Gasteiger partial charge in [-0.3, -0.25) is 14.9 Å². The number of carbonyl (C=O) groups is 1. The van der Waals surface area contributed by atoms with Gasteiger partial charge in [-0.15, -0.1) is 11.3 Å². The topological polar surface area (TPSA) is 94.4 Å². The number of nitrogens with zero attached hydrogens (tertiary/aromatic N) is 2. The Hall–Kier alpha value is -3.26. The molecule has 7 nitrogen and oxygen atoms in total. The van der Waals surface area contributed by atoms with Gasteiger partial charge in [0.2, 0.25) is 0 Å². The van der Waals surface area contributed by atoms with Crippen molar-refractivity contribution in [1.82, 2.24) is 4.98 Å². The maximum absolute atomic E-state index is 12.4. The fourth-order valence-corrected chi connectivity index (χ4v) is 2.98. The van der Waals surface area contributed by atoms with Gasteiger partial charge in [-0.2, -0.15) is 0 Å². The zero-order chi connectivity index (χ0) is 19.4. The average molecular weight is 383 g/mol. The summed E-state index contributed by atoms with van der Waals surface area (Å²) in [6.07, 6.45) is 0. The van der Waals surface area contributed by atoms with Crippen molar-refractivity contribution in [3.63, 3.8) is 0 Å². The van der Waals surface area contributed by atoms with Crippen molar-refractivity contribution in [3.8, 4) is 5.75 Å². The number of thiazole rings is 1. The van der Waals surface area contributed by atoms with Gasteiger partial charge in [-0.25, -0.2) is 4.98 Å². The maximum atomic E-state index is 12.4. The van der Waals surface area contributed by atoms with Crippen molar-refractivity contribution >= 4 is 28.6 Å². The van der Waals surface area contributed by atoms with Crippen molar-refractivity contribution in [2.45, 2.75) is 20.5 Å². The van der Waals surface area contributed by atoms with E-state index in [0.717, 1.165) is 16.3 Å². The predicted octanol–water partition coefficient (Wildman–Crippen LogP) is 4.50. The van der Waals surface area contributed by atoms with E-state index in [9.17, 15) is 14.9 Å². The van der Waals surface area contributed by atoms with E-state index in [1.807, 2.05) is 12.3 Å². The molecular formula is C19H17N3O4S. The van der Waals surface area contributed by atoms with Crippen LogP contribution in [0.5, 0.6) is 5.75 Å². The Morgan fingerprint density at radius 3 is 2.59 bits per heavy atom. The molecule has 0 fully saturated rings. The highest BCUT2D eigenvalue weighted by atomic mass is 32.1. The number of ether oxygens (including phenoxy) is 1. The van der Waals surface area contributed by atoms with Crippen LogP contribution >= 0.6 is 11.3 Å². The van der Waals surface area contributed by atoms with Gasteiger partial charge in [0.25, 0.3) is 11.6 Å². The quantitative estimate of drug-likeness (QED) is 0.499. The second-order valence-electron chi connectivity index (χ2n) is 5.88. The number of aromatic nitrogens is 1. The van der Waals surface area contributed by atoms with Gasteiger partial charge >= 0.3 is 0 Å². The second kappa shape index (κ2) is 7.96. The van der Waals surface area contributed by atoms with Crippen LogP contribution in [0.2, 0.25) is 0 Å². The van der Waals surface area contributed by atoms with Gasteiger partial charge in [0.15, 0.2) is 0 Å². The lowest BCUT2D eigenvalue weighted by atomic mass is 10.1. The molecule has 3 aromatic rings. The molecule has 8 heteroatoms. The average Bonchev–Trinajstić information content (AvgIpc) is 3.07. The standard InChI is InChI=1S/C19H17N3O4S/c1-12-3-6-16(22(24)25)9-18(12)21-19(23)14-4-7-17(8-5-14)26-10-15-11-27-13(2)20-15/h3-9,11H,10H2,1-2H3,(H,21,23). The third kappa shape index (κ3) is 4.68. The monoisotopic (exact) mass is 383 g/mol. The summed E-state index contributed by atoms with van der Waals surface area (Å²) in [5, 5.41) is 16.5. The smallest absolute Gasteiger partial charge is 0.271 e. The molecular weight excluding hydrogens is 366 g/mol. The third-order valence-electron chi connectivity index (χ3n) is 3.85. The largest absolute Gasteiger partial charge is 0.487 e. The predicted molar refractivity (Wildman–Crippen MR) is 103 cm³/mol. The Bertz CT molecular complexity index is 983. The molecule has 138 valence electrons.